The molecule has 0 spiro atoms. The van der Waals surface area contributed by atoms with Crippen molar-refractivity contribution in [3.8, 4) is 0 Å². The van der Waals surface area contributed by atoms with Crippen molar-refractivity contribution in [3.63, 3.8) is 0 Å². The number of hydrogen-bond acceptors (Lipinski definition) is 4. The average Bonchev–Trinajstić information content (AvgIpc) is 2.13. The van der Waals surface area contributed by atoms with Crippen LogP contribution in [-0.4, -0.2) is 31.4 Å². The molecule has 0 aromatic carbocycles. The van der Waals surface area contributed by atoms with Gasteiger partial charge in [-0.25, -0.2) is 0 Å². The van der Waals surface area contributed by atoms with Crippen LogP contribution in [0.25, 0.3) is 0 Å². The van der Waals surface area contributed by atoms with Gasteiger partial charge in [0.15, 0.2) is 0 Å². The summed E-state index contributed by atoms with van der Waals surface area (Å²) in [5.74, 6) is 0.541. The lowest BCUT2D eigenvalue weighted by Crippen LogP contribution is -2.26. The van der Waals surface area contributed by atoms with Crippen LogP contribution in [0.1, 0.15) is 13.3 Å². The van der Waals surface area contributed by atoms with E-state index >= 15 is 0 Å². The molecule has 0 aromatic heterocycles. The van der Waals surface area contributed by atoms with Gasteiger partial charge in [-0.2, -0.15) is 3.89 Å². The van der Waals surface area contributed by atoms with Crippen molar-refractivity contribution in [2.45, 2.75) is 13.3 Å². The second-order valence-electron chi connectivity index (χ2n) is 2.18. The van der Waals surface area contributed by atoms with E-state index in [4.69, 9.17) is 4.74 Å². The summed E-state index contributed by atoms with van der Waals surface area (Å²) >= 11 is 0.215. The van der Waals surface area contributed by atoms with Crippen LogP contribution >= 0.6 is 22.0 Å². The topological polar surface area (TPSA) is 38.3 Å². The van der Waals surface area contributed by atoms with Crippen molar-refractivity contribution in [2.24, 2.45) is 0 Å². The Balaban J connectivity index is 3.11. The fraction of sp³-hybridized carbons (Fsp3) is 0.857. The number of carbonyl (C=O) groups is 1. The summed E-state index contributed by atoms with van der Waals surface area (Å²) in [6, 6.07) is 0. The molecule has 0 rings (SSSR count). The van der Waals surface area contributed by atoms with E-state index in [-0.39, 0.29) is 17.1 Å². The van der Waals surface area contributed by atoms with Gasteiger partial charge in [-0.1, -0.05) is 10.8 Å². The van der Waals surface area contributed by atoms with Gasteiger partial charge < -0.3 is 10.1 Å². The molecular weight excluding hydrogens is 213 g/mol. The lowest BCUT2D eigenvalue weighted by molar-refractivity contribution is -0.122. The Bertz CT molecular complexity index is 138. The highest BCUT2D eigenvalue weighted by molar-refractivity contribution is 8.74. The predicted molar refractivity (Wildman–Crippen MR) is 55.3 cm³/mol. The second-order valence-corrected chi connectivity index (χ2v) is 4.04. The molecule has 1 N–H and O–H groups in total. The third-order valence-corrected chi connectivity index (χ3v) is 2.46. The number of nitrogens with one attached hydrogen (secondary N) is 1. The van der Waals surface area contributed by atoms with E-state index in [1.54, 1.807) is 0 Å². The van der Waals surface area contributed by atoms with Gasteiger partial charge in [0.1, 0.15) is 11.2 Å². The van der Waals surface area contributed by atoms with Gasteiger partial charge in [0.2, 0.25) is 5.91 Å². The molecule has 0 fully saturated rings. The molecule has 0 unspecified atom stereocenters. The fourth-order valence-corrected chi connectivity index (χ4v) is 1.35. The monoisotopic (exact) mass is 227 g/mol. The first kappa shape index (κ1) is 13.1. The summed E-state index contributed by atoms with van der Waals surface area (Å²) in [6.45, 7) is 3.47. The summed E-state index contributed by atoms with van der Waals surface area (Å²) in [5, 5.41) is 2.66. The molecular formula is C7H14FNO2S2. The first-order chi connectivity index (χ1) is 6.31. The van der Waals surface area contributed by atoms with E-state index in [0.717, 1.165) is 10.8 Å². The number of amides is 1. The van der Waals surface area contributed by atoms with Gasteiger partial charge in [0, 0.05) is 25.3 Å². The van der Waals surface area contributed by atoms with Crippen LogP contribution in [0.4, 0.5) is 3.89 Å². The number of rotatable bonds is 8. The van der Waals surface area contributed by atoms with Crippen LogP contribution in [0.3, 0.4) is 0 Å². The molecule has 0 atom stereocenters. The van der Waals surface area contributed by atoms with E-state index in [2.05, 4.69) is 5.32 Å². The Labute approximate surface area is 85.9 Å². The van der Waals surface area contributed by atoms with Crippen molar-refractivity contribution in [3.05, 3.63) is 0 Å². The van der Waals surface area contributed by atoms with Crippen LogP contribution in [0.15, 0.2) is 0 Å². The van der Waals surface area contributed by atoms with Gasteiger partial charge in [-0.05, 0) is 6.92 Å². The third kappa shape index (κ3) is 9.98. The summed E-state index contributed by atoms with van der Waals surface area (Å²) in [4.78, 5) is 11.0. The molecule has 0 saturated heterocycles. The molecule has 0 heterocycles. The molecule has 0 bridgehead atoms. The zero-order valence-electron chi connectivity index (χ0n) is 7.55. The van der Waals surface area contributed by atoms with Gasteiger partial charge in [-0.15, -0.1) is 0 Å². The van der Waals surface area contributed by atoms with E-state index in [1.165, 1.54) is 0 Å². The highest BCUT2D eigenvalue weighted by Gasteiger charge is 1.99. The molecule has 0 saturated carbocycles. The summed E-state index contributed by atoms with van der Waals surface area (Å²) < 4.78 is 16.5. The first-order valence-corrected chi connectivity index (χ1v) is 6.27. The van der Waals surface area contributed by atoms with E-state index in [1.807, 2.05) is 6.92 Å². The van der Waals surface area contributed by atoms with Crippen LogP contribution in [-0.2, 0) is 9.53 Å². The Morgan fingerprint density at radius 1 is 1.62 bits per heavy atom. The number of carbonyl (C=O) groups excluding carboxylic acids is 1. The number of halogens is 1. The largest absolute Gasteiger partial charge is 0.381 e. The fourth-order valence-electron chi connectivity index (χ4n) is 0.661. The molecule has 78 valence electrons. The van der Waals surface area contributed by atoms with Crippen molar-refractivity contribution in [1.29, 1.82) is 0 Å². The minimum Gasteiger partial charge on any atom is -0.381 e. The molecule has 6 heteroatoms. The van der Waals surface area contributed by atoms with Crippen molar-refractivity contribution < 1.29 is 13.4 Å². The molecule has 0 aromatic rings. The van der Waals surface area contributed by atoms with E-state index in [9.17, 15) is 8.68 Å². The SMILES string of the molecule is CCOCCC(=O)NCCSSF. The maximum Gasteiger partial charge on any atom is 0.222 e. The zero-order chi connectivity index (χ0) is 9.94. The second kappa shape index (κ2) is 10.1. The first-order valence-electron chi connectivity index (χ1n) is 4.06. The van der Waals surface area contributed by atoms with Gasteiger partial charge in [0.05, 0.1) is 6.61 Å². The molecule has 13 heavy (non-hydrogen) atoms. The number of ether oxygens (including phenoxy) is 1. The van der Waals surface area contributed by atoms with Gasteiger partial charge in [0.25, 0.3) is 0 Å². The van der Waals surface area contributed by atoms with Crippen LogP contribution in [0, 0.1) is 0 Å². The van der Waals surface area contributed by atoms with Gasteiger partial charge in [-0.3, -0.25) is 4.79 Å². The normalized spacial score (nSPS) is 10.0. The lowest BCUT2D eigenvalue weighted by Gasteiger charge is -2.03. The van der Waals surface area contributed by atoms with Crippen LogP contribution in [0.5, 0.6) is 0 Å². The quantitative estimate of drug-likeness (QED) is 0.507. The molecule has 0 aliphatic heterocycles. The Morgan fingerprint density at radius 3 is 3.00 bits per heavy atom. The predicted octanol–water partition coefficient (Wildman–Crippen LogP) is 1.80. The highest BCUT2D eigenvalue weighted by atomic mass is 33.1. The van der Waals surface area contributed by atoms with Crippen LogP contribution < -0.4 is 5.32 Å². The summed E-state index contributed by atoms with van der Waals surface area (Å²) in [6.07, 6.45) is 0.376. The maximum absolute atomic E-state index is 11.5. The molecule has 1 amide bonds. The third-order valence-electron chi connectivity index (χ3n) is 1.23. The van der Waals surface area contributed by atoms with E-state index < -0.39 is 0 Å². The standard InChI is InChI=1S/C7H14FNO2S2/c1-2-11-5-3-7(10)9-4-6-12-13-8/h2-6H2,1H3,(H,9,10). The minimum atomic E-state index is -0.0436. The molecule has 0 radical (unpaired) electrons. The van der Waals surface area contributed by atoms with Gasteiger partial charge >= 0.3 is 0 Å². The number of hydrogen-bond donors (Lipinski definition) is 1. The van der Waals surface area contributed by atoms with Crippen molar-refractivity contribution in [1.82, 2.24) is 5.32 Å². The van der Waals surface area contributed by atoms with Crippen molar-refractivity contribution >= 4 is 27.9 Å². The highest BCUT2D eigenvalue weighted by Crippen LogP contribution is 2.20. The average molecular weight is 227 g/mol. The van der Waals surface area contributed by atoms with E-state index in [0.29, 0.717) is 31.9 Å². The molecule has 0 aliphatic carbocycles. The summed E-state index contributed by atoms with van der Waals surface area (Å²) in [5.41, 5.74) is 0. The Kier molecular flexibility index (Phi) is 10.2. The minimum absolute atomic E-state index is 0.0436. The smallest absolute Gasteiger partial charge is 0.222 e. The van der Waals surface area contributed by atoms with Crippen LogP contribution in [0.2, 0.25) is 0 Å². The Morgan fingerprint density at radius 2 is 2.38 bits per heavy atom. The molecule has 3 nitrogen and oxygen atoms in total. The maximum atomic E-state index is 11.5. The lowest BCUT2D eigenvalue weighted by atomic mass is 10.4. The Hall–Kier alpha value is 0.0600. The summed E-state index contributed by atoms with van der Waals surface area (Å²) in [7, 11) is 1.08. The molecule has 0 aliphatic rings. The van der Waals surface area contributed by atoms with Crippen molar-refractivity contribution in [2.75, 3.05) is 25.5 Å². The zero-order valence-corrected chi connectivity index (χ0v) is 9.18.